The summed E-state index contributed by atoms with van der Waals surface area (Å²) in [6, 6.07) is 9.62. The van der Waals surface area contributed by atoms with E-state index in [0.717, 1.165) is 5.56 Å². The number of ether oxygens (including phenoxy) is 2. The minimum absolute atomic E-state index is 0.0115. The molecule has 4 nitrogen and oxygen atoms in total. The van der Waals surface area contributed by atoms with Gasteiger partial charge in [0.2, 0.25) is 0 Å². The minimum Gasteiger partial charge on any atom is -0.479 e. The Labute approximate surface area is 88.4 Å². The molecule has 1 unspecified atom stereocenters. The lowest BCUT2D eigenvalue weighted by Gasteiger charge is -2.08. The quantitative estimate of drug-likeness (QED) is 0.573. The van der Waals surface area contributed by atoms with Gasteiger partial charge in [0.05, 0.1) is 6.61 Å². The van der Waals surface area contributed by atoms with Crippen LogP contribution < -0.4 is 0 Å². The van der Waals surface area contributed by atoms with Crippen LogP contribution in [0.25, 0.3) is 0 Å². The van der Waals surface area contributed by atoms with Crippen molar-refractivity contribution in [2.75, 3.05) is 6.79 Å². The highest BCUT2D eigenvalue weighted by Gasteiger charge is 2.09. The van der Waals surface area contributed by atoms with Crippen LogP contribution >= 0.6 is 0 Å². The lowest BCUT2D eigenvalue weighted by molar-refractivity contribution is -0.159. The Morgan fingerprint density at radius 3 is 2.67 bits per heavy atom. The van der Waals surface area contributed by atoms with Gasteiger partial charge in [-0.1, -0.05) is 30.3 Å². The second-order valence-corrected chi connectivity index (χ2v) is 3.10. The number of carboxylic acids is 1. The largest absolute Gasteiger partial charge is 0.479 e. The molecule has 82 valence electrons. The first-order valence-corrected chi connectivity index (χ1v) is 4.66. The molecule has 4 heteroatoms. The van der Waals surface area contributed by atoms with Gasteiger partial charge in [-0.15, -0.1) is 0 Å². The summed E-state index contributed by atoms with van der Waals surface area (Å²) in [6.07, 6.45) is -0.833. The third kappa shape index (κ3) is 4.58. The molecule has 0 aliphatic carbocycles. The Kier molecular flexibility index (Phi) is 4.80. The SMILES string of the molecule is CC(OCOCc1ccccc1)C(=O)O. The van der Waals surface area contributed by atoms with Gasteiger partial charge in [0, 0.05) is 0 Å². The average molecular weight is 210 g/mol. The van der Waals surface area contributed by atoms with Gasteiger partial charge < -0.3 is 14.6 Å². The molecule has 1 rings (SSSR count). The molecular weight excluding hydrogens is 196 g/mol. The van der Waals surface area contributed by atoms with Crippen molar-refractivity contribution in [1.82, 2.24) is 0 Å². The number of hydrogen-bond donors (Lipinski definition) is 1. The molecule has 0 saturated carbocycles. The molecule has 0 spiro atoms. The van der Waals surface area contributed by atoms with Crippen LogP contribution in [0.4, 0.5) is 0 Å². The topological polar surface area (TPSA) is 55.8 Å². The van der Waals surface area contributed by atoms with Gasteiger partial charge in [0.25, 0.3) is 0 Å². The highest BCUT2D eigenvalue weighted by Crippen LogP contribution is 2.01. The molecule has 1 aromatic rings. The third-order valence-electron chi connectivity index (χ3n) is 1.86. The van der Waals surface area contributed by atoms with E-state index in [1.54, 1.807) is 0 Å². The van der Waals surface area contributed by atoms with Gasteiger partial charge >= 0.3 is 5.97 Å². The first kappa shape index (κ1) is 11.7. The molecule has 0 heterocycles. The van der Waals surface area contributed by atoms with E-state index in [-0.39, 0.29) is 6.79 Å². The minimum atomic E-state index is -0.988. The van der Waals surface area contributed by atoms with Crippen molar-refractivity contribution in [3.63, 3.8) is 0 Å². The maximum absolute atomic E-state index is 10.4. The summed E-state index contributed by atoms with van der Waals surface area (Å²) in [5.74, 6) is -0.988. The molecule has 15 heavy (non-hydrogen) atoms. The number of carbonyl (C=O) groups is 1. The van der Waals surface area contributed by atoms with Crippen molar-refractivity contribution in [3.8, 4) is 0 Å². The molecule has 0 saturated heterocycles. The molecule has 0 aliphatic heterocycles. The van der Waals surface area contributed by atoms with E-state index in [9.17, 15) is 4.79 Å². The Morgan fingerprint density at radius 1 is 1.40 bits per heavy atom. The number of aliphatic carboxylic acids is 1. The highest BCUT2D eigenvalue weighted by molar-refractivity contribution is 5.71. The van der Waals surface area contributed by atoms with E-state index in [1.165, 1.54) is 6.92 Å². The normalized spacial score (nSPS) is 12.3. The summed E-state index contributed by atoms with van der Waals surface area (Å²) in [7, 11) is 0. The second kappa shape index (κ2) is 6.16. The summed E-state index contributed by atoms with van der Waals surface area (Å²) < 4.78 is 10.1. The molecule has 0 amide bonds. The van der Waals surface area contributed by atoms with Gasteiger partial charge in [0.15, 0.2) is 6.10 Å². The maximum Gasteiger partial charge on any atom is 0.332 e. The summed E-state index contributed by atoms with van der Waals surface area (Å²) in [4.78, 5) is 10.4. The van der Waals surface area contributed by atoms with Crippen molar-refractivity contribution in [1.29, 1.82) is 0 Å². The molecular formula is C11H14O4. The molecule has 0 bridgehead atoms. The fraction of sp³-hybridized carbons (Fsp3) is 0.364. The van der Waals surface area contributed by atoms with E-state index in [2.05, 4.69) is 0 Å². The van der Waals surface area contributed by atoms with Crippen molar-refractivity contribution in [2.24, 2.45) is 0 Å². The fourth-order valence-corrected chi connectivity index (χ4v) is 0.955. The monoisotopic (exact) mass is 210 g/mol. The van der Waals surface area contributed by atoms with Gasteiger partial charge in [-0.2, -0.15) is 0 Å². The zero-order valence-corrected chi connectivity index (χ0v) is 8.55. The standard InChI is InChI=1S/C11H14O4/c1-9(11(12)13)15-8-14-7-10-5-3-2-4-6-10/h2-6,9H,7-8H2,1H3,(H,12,13). The average Bonchev–Trinajstić information content (AvgIpc) is 2.25. The van der Waals surface area contributed by atoms with Crippen LogP contribution in [0.1, 0.15) is 12.5 Å². The zero-order chi connectivity index (χ0) is 11.1. The molecule has 0 fully saturated rings. The van der Waals surface area contributed by atoms with E-state index in [4.69, 9.17) is 14.6 Å². The van der Waals surface area contributed by atoms with E-state index in [1.807, 2.05) is 30.3 Å². The molecule has 1 N–H and O–H groups in total. The Hall–Kier alpha value is -1.39. The van der Waals surface area contributed by atoms with Gasteiger partial charge in [-0.25, -0.2) is 4.79 Å². The summed E-state index contributed by atoms with van der Waals surface area (Å²) in [5.41, 5.74) is 1.03. The van der Waals surface area contributed by atoms with Crippen molar-refractivity contribution in [2.45, 2.75) is 19.6 Å². The maximum atomic E-state index is 10.4. The fourth-order valence-electron chi connectivity index (χ4n) is 0.955. The first-order valence-electron chi connectivity index (χ1n) is 4.66. The van der Waals surface area contributed by atoms with Crippen molar-refractivity contribution in [3.05, 3.63) is 35.9 Å². The van der Waals surface area contributed by atoms with Gasteiger partial charge in [0.1, 0.15) is 6.79 Å². The van der Waals surface area contributed by atoms with Crippen LogP contribution in [-0.2, 0) is 20.9 Å². The van der Waals surface area contributed by atoms with Gasteiger partial charge in [-0.05, 0) is 12.5 Å². The van der Waals surface area contributed by atoms with Crippen LogP contribution in [0, 0.1) is 0 Å². The summed E-state index contributed by atoms with van der Waals surface area (Å²) >= 11 is 0. The van der Waals surface area contributed by atoms with Crippen LogP contribution in [0.2, 0.25) is 0 Å². The van der Waals surface area contributed by atoms with Crippen molar-refractivity contribution < 1.29 is 19.4 Å². The van der Waals surface area contributed by atoms with Crippen LogP contribution in [0.5, 0.6) is 0 Å². The summed E-state index contributed by atoms with van der Waals surface area (Å²) in [6.45, 7) is 1.88. The Bertz CT molecular complexity index is 297. The smallest absolute Gasteiger partial charge is 0.332 e. The predicted molar refractivity (Wildman–Crippen MR) is 54.3 cm³/mol. The number of carboxylic acid groups (broad SMARTS) is 1. The lowest BCUT2D eigenvalue weighted by Crippen LogP contribution is -2.21. The van der Waals surface area contributed by atoms with Crippen LogP contribution in [0.15, 0.2) is 30.3 Å². The number of benzene rings is 1. The van der Waals surface area contributed by atoms with E-state index < -0.39 is 12.1 Å². The van der Waals surface area contributed by atoms with Gasteiger partial charge in [-0.3, -0.25) is 0 Å². The second-order valence-electron chi connectivity index (χ2n) is 3.10. The van der Waals surface area contributed by atoms with Crippen molar-refractivity contribution >= 4 is 5.97 Å². The summed E-state index contributed by atoms with van der Waals surface area (Å²) in [5, 5.41) is 8.52. The zero-order valence-electron chi connectivity index (χ0n) is 8.55. The predicted octanol–water partition coefficient (Wildman–Crippen LogP) is 1.65. The number of rotatable bonds is 6. The molecule has 0 radical (unpaired) electrons. The van der Waals surface area contributed by atoms with E-state index in [0.29, 0.717) is 6.61 Å². The first-order chi connectivity index (χ1) is 7.20. The Morgan fingerprint density at radius 2 is 2.07 bits per heavy atom. The third-order valence-corrected chi connectivity index (χ3v) is 1.86. The Balaban J connectivity index is 2.15. The molecule has 1 atom stereocenters. The molecule has 0 aromatic heterocycles. The highest BCUT2D eigenvalue weighted by atomic mass is 16.7. The van der Waals surface area contributed by atoms with Crippen LogP contribution in [0.3, 0.4) is 0 Å². The molecule has 1 aromatic carbocycles. The number of hydrogen-bond acceptors (Lipinski definition) is 3. The van der Waals surface area contributed by atoms with E-state index >= 15 is 0 Å². The lowest BCUT2D eigenvalue weighted by atomic mass is 10.2. The van der Waals surface area contributed by atoms with Crippen LogP contribution in [-0.4, -0.2) is 24.0 Å². The molecule has 0 aliphatic rings.